The summed E-state index contributed by atoms with van der Waals surface area (Å²) in [5.74, 6) is -0.410. The number of hydrogen-bond donors (Lipinski definition) is 0. The van der Waals surface area contributed by atoms with Crippen LogP contribution < -0.4 is 0 Å². The van der Waals surface area contributed by atoms with E-state index in [0.717, 1.165) is 35.3 Å². The maximum Gasteiger partial charge on any atom is 0.329 e. The van der Waals surface area contributed by atoms with Gasteiger partial charge in [0.15, 0.2) is 0 Å². The van der Waals surface area contributed by atoms with E-state index in [9.17, 15) is 18.0 Å². The quantitative estimate of drug-likeness (QED) is 0.0492. The van der Waals surface area contributed by atoms with E-state index in [1.807, 2.05) is 44.2 Å². The Bertz CT molecular complexity index is 1340. The molecule has 3 amide bonds. The molecule has 2 atom stereocenters. The van der Waals surface area contributed by atoms with E-state index in [2.05, 4.69) is 6.92 Å². The maximum absolute atomic E-state index is 13.3. The third-order valence-electron chi connectivity index (χ3n) is 9.33. The molecule has 2 aromatic carbocycles. The van der Waals surface area contributed by atoms with Gasteiger partial charge in [-0.15, -0.1) is 0 Å². The van der Waals surface area contributed by atoms with Gasteiger partial charge in [0.1, 0.15) is 12.8 Å². The first kappa shape index (κ1) is 41.6. The molecule has 0 aliphatic carbocycles. The van der Waals surface area contributed by atoms with Crippen molar-refractivity contribution in [2.24, 2.45) is 0 Å². The van der Waals surface area contributed by atoms with E-state index in [1.54, 1.807) is 12.1 Å². The Labute approximate surface area is 302 Å². The van der Waals surface area contributed by atoms with Gasteiger partial charge in [-0.25, -0.2) is 4.79 Å². The second-order valence-corrected chi connectivity index (χ2v) is 15.2. The molecular weight excluding hydrogens is 653 g/mol. The van der Waals surface area contributed by atoms with E-state index in [-0.39, 0.29) is 30.7 Å². The first-order valence-electron chi connectivity index (χ1n) is 19.1. The third-order valence-corrected chi connectivity index (χ3v) is 10.7. The van der Waals surface area contributed by atoms with E-state index in [1.165, 1.54) is 94.1 Å². The summed E-state index contributed by atoms with van der Waals surface area (Å²) in [6.07, 6.45) is 18.9. The number of carbonyl (C=O) groups excluding carboxylic acids is 2. The van der Waals surface area contributed by atoms with E-state index < -0.39 is 28.3 Å². The zero-order chi connectivity index (χ0) is 36.0. The highest BCUT2D eigenvalue weighted by atomic mass is 32.2. The molecule has 9 nitrogen and oxygen atoms in total. The number of rotatable bonds is 28. The van der Waals surface area contributed by atoms with E-state index in [4.69, 9.17) is 13.7 Å². The average molecular weight is 715 g/mol. The number of benzene rings is 2. The molecule has 1 aliphatic rings. The van der Waals surface area contributed by atoms with Crippen LogP contribution in [0.2, 0.25) is 0 Å². The smallest absolute Gasteiger partial charge is 0.329 e. The lowest BCUT2D eigenvalue weighted by Crippen LogP contribution is -2.42. The Hall–Kier alpha value is -2.79. The Morgan fingerprint density at radius 3 is 1.90 bits per heavy atom. The van der Waals surface area contributed by atoms with Crippen molar-refractivity contribution in [2.75, 3.05) is 26.3 Å². The van der Waals surface area contributed by atoms with Crippen molar-refractivity contribution < 1.29 is 31.7 Å². The van der Waals surface area contributed by atoms with Gasteiger partial charge in [-0.05, 0) is 37.5 Å². The zero-order valence-corrected chi connectivity index (χ0v) is 31.7. The van der Waals surface area contributed by atoms with Crippen molar-refractivity contribution in [1.29, 1.82) is 0 Å². The van der Waals surface area contributed by atoms with Crippen LogP contribution in [0.4, 0.5) is 4.79 Å². The molecule has 0 N–H and O–H groups in total. The minimum absolute atomic E-state index is 0.0290. The predicted molar refractivity (Wildman–Crippen MR) is 198 cm³/mol. The lowest BCUT2D eigenvalue weighted by Gasteiger charge is -2.28. The summed E-state index contributed by atoms with van der Waals surface area (Å²) in [5, 5.41) is 0. The molecular formula is C40H62N2O7S. The topological polar surface area (TPSA) is 102 Å². The number of hydrogen-bond acceptors (Lipinski definition) is 7. The molecule has 10 heteroatoms. The van der Waals surface area contributed by atoms with Crippen LogP contribution in [0.25, 0.3) is 0 Å². The second kappa shape index (κ2) is 23.6. The van der Waals surface area contributed by atoms with Crippen molar-refractivity contribution in [1.82, 2.24) is 9.80 Å². The van der Waals surface area contributed by atoms with Crippen LogP contribution in [-0.4, -0.2) is 68.8 Å². The average Bonchev–Trinajstić information content (AvgIpc) is 3.39. The Kier molecular flexibility index (Phi) is 19.7. The summed E-state index contributed by atoms with van der Waals surface area (Å²) in [6, 6.07) is 15.9. The molecule has 2 aromatic rings. The number of ether oxygens (including phenoxy) is 2. The molecule has 0 bridgehead atoms. The summed E-state index contributed by atoms with van der Waals surface area (Å²) >= 11 is 0. The van der Waals surface area contributed by atoms with Gasteiger partial charge in [-0.2, -0.15) is 8.42 Å². The highest BCUT2D eigenvalue weighted by Crippen LogP contribution is 2.21. The first-order valence-corrected chi connectivity index (χ1v) is 20.5. The number of imide groups is 1. The molecule has 2 unspecified atom stereocenters. The number of urea groups is 1. The minimum Gasteiger partial charge on any atom is -0.371 e. The van der Waals surface area contributed by atoms with Crippen LogP contribution in [0.5, 0.6) is 0 Å². The molecule has 0 saturated carbocycles. The van der Waals surface area contributed by atoms with Gasteiger partial charge < -0.3 is 9.47 Å². The molecule has 1 heterocycles. The highest BCUT2D eigenvalue weighted by Gasteiger charge is 2.40. The Morgan fingerprint density at radius 1 is 0.740 bits per heavy atom. The summed E-state index contributed by atoms with van der Waals surface area (Å²) < 4.78 is 42.8. The van der Waals surface area contributed by atoms with Gasteiger partial charge in [-0.3, -0.25) is 18.8 Å². The van der Waals surface area contributed by atoms with Crippen LogP contribution in [0.15, 0.2) is 59.5 Å². The Morgan fingerprint density at radius 2 is 1.32 bits per heavy atom. The van der Waals surface area contributed by atoms with Crippen LogP contribution in [0.3, 0.4) is 0 Å². The fourth-order valence-electron chi connectivity index (χ4n) is 6.23. The van der Waals surface area contributed by atoms with Gasteiger partial charge in [0, 0.05) is 0 Å². The lowest BCUT2D eigenvalue weighted by atomic mass is 10.0. The van der Waals surface area contributed by atoms with Crippen molar-refractivity contribution in [3.8, 4) is 0 Å². The largest absolute Gasteiger partial charge is 0.371 e. The van der Waals surface area contributed by atoms with Gasteiger partial charge >= 0.3 is 6.03 Å². The number of amides is 3. The third kappa shape index (κ3) is 15.2. The highest BCUT2D eigenvalue weighted by molar-refractivity contribution is 7.86. The number of aryl methyl sites for hydroxylation is 1. The molecule has 0 radical (unpaired) electrons. The Balaban J connectivity index is 1.41. The van der Waals surface area contributed by atoms with Crippen LogP contribution in [-0.2, 0) is 35.2 Å². The molecule has 1 saturated heterocycles. The molecule has 1 fully saturated rings. The SMILES string of the molecule is CCCCCCCCCCCCCCCCC(COC(CC)N1CC(=O)N(CCOS(=O)(=O)c2ccc(C)cc2)C1=O)OCc1ccccc1. The van der Waals surface area contributed by atoms with Crippen LogP contribution in [0, 0.1) is 6.92 Å². The maximum atomic E-state index is 13.3. The summed E-state index contributed by atoms with van der Waals surface area (Å²) in [6.45, 7) is 6.20. The number of unbranched alkanes of at least 4 members (excludes halogenated alkanes) is 13. The lowest BCUT2D eigenvalue weighted by molar-refractivity contribution is -0.127. The molecule has 1 aliphatic heterocycles. The normalized spacial score (nSPS) is 14.9. The summed E-state index contributed by atoms with van der Waals surface area (Å²) in [7, 11) is -4.01. The second-order valence-electron chi connectivity index (χ2n) is 13.5. The molecule has 50 heavy (non-hydrogen) atoms. The monoisotopic (exact) mass is 714 g/mol. The van der Waals surface area contributed by atoms with Crippen LogP contribution in [0.1, 0.15) is 128 Å². The van der Waals surface area contributed by atoms with Crippen molar-refractivity contribution in [3.05, 3.63) is 65.7 Å². The van der Waals surface area contributed by atoms with Crippen molar-refractivity contribution in [2.45, 2.75) is 147 Å². The standard InChI is InChI=1S/C40H62N2O7S/c1-4-6-7-8-9-10-11-12-13-14-15-16-17-21-24-36(47-32-35-22-19-18-20-23-35)33-48-39(5-2)42-31-38(43)41(40(42)44)29-30-49-50(45,46)37-27-25-34(3)26-28-37/h18-20,22-23,25-28,36,39H,4-17,21,24,29-33H2,1-3H3. The fourth-order valence-corrected chi connectivity index (χ4v) is 7.13. The first-order chi connectivity index (χ1) is 24.2. The molecule has 3 rings (SSSR count). The number of nitrogens with zero attached hydrogens (tertiary/aromatic N) is 2. The van der Waals surface area contributed by atoms with Gasteiger partial charge in [-0.1, -0.05) is 152 Å². The zero-order valence-electron chi connectivity index (χ0n) is 30.9. The van der Waals surface area contributed by atoms with E-state index >= 15 is 0 Å². The van der Waals surface area contributed by atoms with Gasteiger partial charge in [0.2, 0.25) is 5.91 Å². The predicted octanol–water partition coefficient (Wildman–Crippen LogP) is 9.17. The summed E-state index contributed by atoms with van der Waals surface area (Å²) in [5.41, 5.74) is 2.02. The fraction of sp³-hybridized carbons (Fsp3) is 0.650. The summed E-state index contributed by atoms with van der Waals surface area (Å²) in [4.78, 5) is 28.6. The van der Waals surface area contributed by atoms with Gasteiger partial charge in [0.25, 0.3) is 10.1 Å². The molecule has 280 valence electrons. The van der Waals surface area contributed by atoms with E-state index in [0.29, 0.717) is 19.6 Å². The van der Waals surface area contributed by atoms with Gasteiger partial charge in [0.05, 0.1) is 37.4 Å². The molecule has 0 spiro atoms. The van der Waals surface area contributed by atoms with Crippen molar-refractivity contribution in [3.63, 3.8) is 0 Å². The minimum atomic E-state index is -4.01. The van der Waals surface area contributed by atoms with Crippen molar-refractivity contribution >= 4 is 22.1 Å². The number of carbonyl (C=O) groups is 2. The molecule has 0 aromatic heterocycles. The van der Waals surface area contributed by atoms with Crippen LogP contribution >= 0.6 is 0 Å².